The van der Waals surface area contributed by atoms with E-state index >= 15 is 0 Å². The lowest BCUT2D eigenvalue weighted by Gasteiger charge is -2.32. The normalized spacial score (nSPS) is 16.1. The van der Waals surface area contributed by atoms with Crippen LogP contribution in [0.4, 0.5) is 8.78 Å². The van der Waals surface area contributed by atoms with E-state index in [4.69, 9.17) is 0 Å². The third-order valence-electron chi connectivity index (χ3n) is 3.64. The maximum atomic E-state index is 13.6. The van der Waals surface area contributed by atoms with Gasteiger partial charge in [-0.3, -0.25) is 4.79 Å². The molecule has 0 spiro atoms. The number of hydrogen-bond acceptors (Lipinski definition) is 1. The molecule has 20 heavy (non-hydrogen) atoms. The molecule has 0 saturated heterocycles. The van der Waals surface area contributed by atoms with E-state index in [1.807, 2.05) is 6.08 Å². The molecular weight excluding hydrogens is 260 g/mol. The Morgan fingerprint density at radius 3 is 2.50 bits per heavy atom. The monoisotopic (exact) mass is 279 g/mol. The van der Waals surface area contributed by atoms with Crippen molar-refractivity contribution in [1.29, 1.82) is 0 Å². The van der Waals surface area contributed by atoms with E-state index in [0.29, 0.717) is 13.1 Å². The maximum Gasteiger partial charge on any atom is 0.257 e. The van der Waals surface area contributed by atoms with Crippen molar-refractivity contribution in [2.24, 2.45) is 5.41 Å². The van der Waals surface area contributed by atoms with Gasteiger partial charge in [-0.05, 0) is 24.0 Å². The molecule has 2 nitrogen and oxygen atoms in total. The summed E-state index contributed by atoms with van der Waals surface area (Å²) in [6.07, 6.45) is 2.78. The van der Waals surface area contributed by atoms with Crippen molar-refractivity contribution in [3.63, 3.8) is 0 Å². The lowest BCUT2D eigenvalue weighted by Crippen LogP contribution is -2.36. The van der Waals surface area contributed by atoms with Crippen LogP contribution in [0.15, 0.2) is 29.8 Å². The van der Waals surface area contributed by atoms with Gasteiger partial charge in [-0.25, -0.2) is 8.78 Å². The van der Waals surface area contributed by atoms with Crippen LogP contribution >= 0.6 is 0 Å². The minimum absolute atomic E-state index is 0.0826. The largest absolute Gasteiger partial charge is 0.335 e. The Bertz CT molecular complexity index is 558. The second-order valence-corrected chi connectivity index (χ2v) is 6.08. The summed E-state index contributed by atoms with van der Waals surface area (Å²) in [4.78, 5) is 13.8. The van der Waals surface area contributed by atoms with Crippen LogP contribution in [0.2, 0.25) is 0 Å². The van der Waals surface area contributed by atoms with Crippen molar-refractivity contribution >= 4 is 5.91 Å². The fraction of sp³-hybridized carbons (Fsp3) is 0.438. The summed E-state index contributed by atoms with van der Waals surface area (Å²) in [5, 5.41) is 0. The molecule has 0 atom stereocenters. The Labute approximate surface area is 118 Å². The molecule has 0 unspecified atom stereocenters. The predicted molar refractivity (Wildman–Crippen MR) is 74.4 cm³/mol. The second-order valence-electron chi connectivity index (χ2n) is 6.08. The first-order valence-corrected chi connectivity index (χ1v) is 6.73. The number of carbonyl (C=O) groups is 1. The molecule has 0 N–H and O–H groups in total. The van der Waals surface area contributed by atoms with Crippen LogP contribution in [0.1, 0.15) is 37.6 Å². The number of benzene rings is 1. The lowest BCUT2D eigenvalue weighted by molar-refractivity contribution is 0.0759. The fourth-order valence-electron chi connectivity index (χ4n) is 2.37. The summed E-state index contributed by atoms with van der Waals surface area (Å²) < 4.78 is 26.8. The van der Waals surface area contributed by atoms with Crippen LogP contribution in [0, 0.1) is 17.0 Å². The summed E-state index contributed by atoms with van der Waals surface area (Å²) in [7, 11) is 0. The number of rotatable bonds is 1. The SMILES string of the molecule is CC(C)(C)C1=CCN(C(=O)c2cccc(F)c2F)CC1. The smallest absolute Gasteiger partial charge is 0.257 e. The molecule has 0 fully saturated rings. The third-order valence-corrected chi connectivity index (χ3v) is 3.64. The first-order chi connectivity index (χ1) is 9.30. The Hall–Kier alpha value is -1.71. The molecule has 1 aliphatic heterocycles. The topological polar surface area (TPSA) is 20.3 Å². The molecule has 1 aromatic rings. The van der Waals surface area contributed by atoms with Crippen LogP contribution in [0.5, 0.6) is 0 Å². The fourth-order valence-corrected chi connectivity index (χ4v) is 2.37. The lowest BCUT2D eigenvalue weighted by atomic mass is 9.83. The van der Waals surface area contributed by atoms with Crippen LogP contribution < -0.4 is 0 Å². The first-order valence-electron chi connectivity index (χ1n) is 6.73. The zero-order chi connectivity index (χ0) is 14.9. The van der Waals surface area contributed by atoms with Crippen LogP contribution in [0.25, 0.3) is 0 Å². The molecule has 0 radical (unpaired) electrons. The van der Waals surface area contributed by atoms with E-state index < -0.39 is 17.5 Å². The van der Waals surface area contributed by atoms with Gasteiger partial charge in [-0.15, -0.1) is 0 Å². The van der Waals surface area contributed by atoms with Crippen LogP contribution in [0.3, 0.4) is 0 Å². The summed E-state index contributed by atoms with van der Waals surface area (Å²) in [5.74, 6) is -2.51. The van der Waals surface area contributed by atoms with E-state index in [0.717, 1.165) is 12.5 Å². The third kappa shape index (κ3) is 2.89. The zero-order valence-corrected chi connectivity index (χ0v) is 12.0. The standard InChI is InChI=1S/C16H19F2NO/c1-16(2,3)11-7-9-19(10-8-11)15(20)12-5-4-6-13(17)14(12)18/h4-7H,8-10H2,1-3H3. The van der Waals surface area contributed by atoms with E-state index in [2.05, 4.69) is 20.8 Å². The molecule has 0 aliphatic carbocycles. The Kier molecular flexibility index (Phi) is 3.93. The maximum absolute atomic E-state index is 13.6. The molecule has 1 heterocycles. The number of amides is 1. The average molecular weight is 279 g/mol. The Balaban J connectivity index is 2.17. The summed E-state index contributed by atoms with van der Waals surface area (Å²) >= 11 is 0. The first kappa shape index (κ1) is 14.7. The van der Waals surface area contributed by atoms with Crippen LogP contribution in [-0.4, -0.2) is 23.9 Å². The molecule has 0 bridgehead atoms. The quantitative estimate of drug-likeness (QED) is 0.716. The molecule has 108 valence electrons. The average Bonchev–Trinajstić information content (AvgIpc) is 2.40. The molecular formula is C16H19F2NO. The van der Waals surface area contributed by atoms with E-state index in [1.165, 1.54) is 17.7 Å². The second kappa shape index (κ2) is 5.35. The van der Waals surface area contributed by atoms with Gasteiger partial charge < -0.3 is 4.90 Å². The van der Waals surface area contributed by atoms with Gasteiger partial charge in [0, 0.05) is 13.1 Å². The highest BCUT2D eigenvalue weighted by molar-refractivity contribution is 5.94. The number of halogens is 2. The highest BCUT2D eigenvalue weighted by Gasteiger charge is 2.26. The van der Waals surface area contributed by atoms with Gasteiger partial charge in [0.15, 0.2) is 11.6 Å². The van der Waals surface area contributed by atoms with Crippen molar-refractivity contribution in [3.8, 4) is 0 Å². The molecule has 2 rings (SSSR count). The zero-order valence-electron chi connectivity index (χ0n) is 12.0. The number of carbonyl (C=O) groups excluding carboxylic acids is 1. The summed E-state index contributed by atoms with van der Waals surface area (Å²) in [6.45, 7) is 7.37. The van der Waals surface area contributed by atoms with Gasteiger partial charge in [0.25, 0.3) is 5.91 Å². The molecule has 1 amide bonds. The van der Waals surface area contributed by atoms with Crippen molar-refractivity contribution in [2.75, 3.05) is 13.1 Å². The summed E-state index contributed by atoms with van der Waals surface area (Å²) in [5.41, 5.74) is 1.18. The molecule has 1 aliphatic rings. The Morgan fingerprint density at radius 2 is 1.95 bits per heavy atom. The van der Waals surface area contributed by atoms with Crippen molar-refractivity contribution in [3.05, 3.63) is 47.0 Å². The molecule has 4 heteroatoms. The Morgan fingerprint density at radius 1 is 1.25 bits per heavy atom. The summed E-state index contributed by atoms with van der Waals surface area (Å²) in [6, 6.07) is 3.69. The van der Waals surface area contributed by atoms with Crippen molar-refractivity contribution < 1.29 is 13.6 Å². The van der Waals surface area contributed by atoms with Crippen LogP contribution in [-0.2, 0) is 0 Å². The van der Waals surface area contributed by atoms with E-state index in [-0.39, 0.29) is 11.0 Å². The van der Waals surface area contributed by atoms with Gasteiger partial charge in [0.05, 0.1) is 5.56 Å². The van der Waals surface area contributed by atoms with E-state index in [1.54, 1.807) is 4.90 Å². The molecule has 0 saturated carbocycles. The van der Waals surface area contributed by atoms with Crippen molar-refractivity contribution in [1.82, 2.24) is 4.90 Å². The van der Waals surface area contributed by atoms with Gasteiger partial charge in [-0.2, -0.15) is 0 Å². The highest BCUT2D eigenvalue weighted by Crippen LogP contribution is 2.30. The minimum Gasteiger partial charge on any atom is -0.335 e. The minimum atomic E-state index is -1.07. The van der Waals surface area contributed by atoms with Crippen molar-refractivity contribution in [2.45, 2.75) is 27.2 Å². The van der Waals surface area contributed by atoms with Gasteiger partial charge >= 0.3 is 0 Å². The number of nitrogens with zero attached hydrogens (tertiary/aromatic N) is 1. The predicted octanol–water partition coefficient (Wildman–Crippen LogP) is 3.78. The van der Waals surface area contributed by atoms with Gasteiger partial charge in [0.2, 0.25) is 0 Å². The number of hydrogen-bond donors (Lipinski definition) is 0. The highest BCUT2D eigenvalue weighted by atomic mass is 19.2. The van der Waals surface area contributed by atoms with Gasteiger partial charge in [0.1, 0.15) is 0 Å². The molecule has 1 aromatic carbocycles. The molecule has 0 aromatic heterocycles. The van der Waals surface area contributed by atoms with E-state index in [9.17, 15) is 13.6 Å². The van der Waals surface area contributed by atoms with Gasteiger partial charge in [-0.1, -0.05) is 38.5 Å².